The van der Waals surface area contributed by atoms with Crippen LogP contribution in [0, 0.1) is 0 Å². The first kappa shape index (κ1) is 10.8. The number of amides is 1. The van der Waals surface area contributed by atoms with Gasteiger partial charge in [0.2, 0.25) is 5.91 Å². The molecule has 0 saturated carbocycles. The summed E-state index contributed by atoms with van der Waals surface area (Å²) in [4.78, 5) is 11.4. The molecule has 0 aromatic carbocycles. The lowest BCUT2D eigenvalue weighted by Gasteiger charge is -2.12. The van der Waals surface area contributed by atoms with E-state index in [9.17, 15) is 4.79 Å². The minimum absolute atomic E-state index is 0.0274. The lowest BCUT2D eigenvalue weighted by Crippen LogP contribution is -2.37. The maximum absolute atomic E-state index is 11.4. The molecule has 1 aromatic heterocycles. The van der Waals surface area contributed by atoms with Crippen molar-refractivity contribution in [3.63, 3.8) is 0 Å². The van der Waals surface area contributed by atoms with Crippen LogP contribution in [0.3, 0.4) is 0 Å². The highest BCUT2D eigenvalue weighted by Gasteiger charge is 2.10. The van der Waals surface area contributed by atoms with E-state index in [0.717, 1.165) is 6.42 Å². The van der Waals surface area contributed by atoms with Gasteiger partial charge >= 0.3 is 0 Å². The van der Waals surface area contributed by atoms with Crippen LogP contribution < -0.4 is 5.32 Å². The van der Waals surface area contributed by atoms with E-state index in [1.807, 2.05) is 6.92 Å². The molecule has 4 nitrogen and oxygen atoms in total. The van der Waals surface area contributed by atoms with Gasteiger partial charge in [-0.3, -0.25) is 4.79 Å². The van der Waals surface area contributed by atoms with Crippen LogP contribution in [0.4, 0.5) is 0 Å². The quantitative estimate of drug-likeness (QED) is 0.730. The van der Waals surface area contributed by atoms with E-state index >= 15 is 0 Å². The molecule has 0 spiro atoms. The van der Waals surface area contributed by atoms with E-state index in [4.69, 9.17) is 9.52 Å². The number of rotatable bonds is 5. The Balaban J connectivity index is 2.35. The van der Waals surface area contributed by atoms with Gasteiger partial charge in [0, 0.05) is 0 Å². The van der Waals surface area contributed by atoms with Crippen LogP contribution in [-0.4, -0.2) is 23.7 Å². The van der Waals surface area contributed by atoms with Gasteiger partial charge in [0.05, 0.1) is 25.3 Å². The highest BCUT2D eigenvalue weighted by atomic mass is 16.3. The Morgan fingerprint density at radius 1 is 1.71 bits per heavy atom. The first-order chi connectivity index (χ1) is 6.76. The second kappa shape index (κ2) is 5.44. The summed E-state index contributed by atoms with van der Waals surface area (Å²) in [7, 11) is 0. The molecule has 1 aromatic rings. The second-order valence-electron chi connectivity index (χ2n) is 3.11. The van der Waals surface area contributed by atoms with Crippen LogP contribution in [-0.2, 0) is 11.2 Å². The SMILES string of the molecule is CCC(CO)NC(=O)Cc1ccco1. The molecule has 0 bridgehead atoms. The number of aliphatic hydroxyl groups excluding tert-OH is 1. The molecule has 0 aliphatic rings. The monoisotopic (exact) mass is 197 g/mol. The fourth-order valence-corrected chi connectivity index (χ4v) is 1.13. The van der Waals surface area contributed by atoms with E-state index in [0.29, 0.717) is 5.76 Å². The van der Waals surface area contributed by atoms with Crippen molar-refractivity contribution < 1.29 is 14.3 Å². The van der Waals surface area contributed by atoms with Gasteiger partial charge in [0.25, 0.3) is 0 Å². The summed E-state index contributed by atoms with van der Waals surface area (Å²) in [5, 5.41) is 11.6. The van der Waals surface area contributed by atoms with Crippen LogP contribution in [0.5, 0.6) is 0 Å². The molecule has 0 aliphatic carbocycles. The Morgan fingerprint density at radius 2 is 2.50 bits per heavy atom. The van der Waals surface area contributed by atoms with Gasteiger partial charge in [-0.1, -0.05) is 6.92 Å². The first-order valence-corrected chi connectivity index (χ1v) is 4.68. The summed E-state index contributed by atoms with van der Waals surface area (Å²) in [6.07, 6.45) is 2.48. The molecule has 4 heteroatoms. The number of nitrogens with one attached hydrogen (secondary N) is 1. The van der Waals surface area contributed by atoms with E-state index in [1.165, 1.54) is 6.26 Å². The number of aliphatic hydroxyl groups is 1. The fourth-order valence-electron chi connectivity index (χ4n) is 1.13. The topological polar surface area (TPSA) is 62.5 Å². The molecule has 0 radical (unpaired) electrons. The lowest BCUT2D eigenvalue weighted by atomic mass is 10.2. The van der Waals surface area contributed by atoms with Gasteiger partial charge in [-0.15, -0.1) is 0 Å². The van der Waals surface area contributed by atoms with Gasteiger partial charge in [-0.2, -0.15) is 0 Å². The van der Waals surface area contributed by atoms with Crippen molar-refractivity contribution >= 4 is 5.91 Å². The zero-order chi connectivity index (χ0) is 10.4. The summed E-state index contributed by atoms with van der Waals surface area (Å²) < 4.78 is 5.03. The van der Waals surface area contributed by atoms with E-state index < -0.39 is 0 Å². The van der Waals surface area contributed by atoms with Crippen LogP contribution >= 0.6 is 0 Å². The number of furan rings is 1. The largest absolute Gasteiger partial charge is 0.469 e. The Kier molecular flexibility index (Phi) is 4.19. The van der Waals surface area contributed by atoms with Crippen LogP contribution in [0.2, 0.25) is 0 Å². The normalized spacial score (nSPS) is 12.4. The highest BCUT2D eigenvalue weighted by Crippen LogP contribution is 2.01. The summed E-state index contributed by atoms with van der Waals surface area (Å²) >= 11 is 0. The molecule has 0 fully saturated rings. The van der Waals surface area contributed by atoms with Gasteiger partial charge in [0.15, 0.2) is 0 Å². The zero-order valence-corrected chi connectivity index (χ0v) is 8.19. The van der Waals surface area contributed by atoms with Crippen molar-refractivity contribution in [2.24, 2.45) is 0 Å². The van der Waals surface area contributed by atoms with Gasteiger partial charge < -0.3 is 14.8 Å². The smallest absolute Gasteiger partial charge is 0.227 e. The van der Waals surface area contributed by atoms with E-state index in [2.05, 4.69) is 5.32 Å². The number of carbonyl (C=O) groups is 1. The molecular weight excluding hydrogens is 182 g/mol. The predicted molar refractivity (Wildman–Crippen MR) is 51.7 cm³/mol. The van der Waals surface area contributed by atoms with E-state index in [1.54, 1.807) is 12.1 Å². The standard InChI is InChI=1S/C10H15NO3/c1-2-8(7-12)11-10(13)6-9-4-3-5-14-9/h3-5,8,12H,2,6-7H2,1H3,(H,11,13). The first-order valence-electron chi connectivity index (χ1n) is 4.68. The molecule has 0 saturated heterocycles. The number of hydrogen-bond donors (Lipinski definition) is 2. The van der Waals surface area contributed by atoms with Crippen LogP contribution in [0.25, 0.3) is 0 Å². The van der Waals surface area contributed by atoms with Crippen molar-refractivity contribution in [1.82, 2.24) is 5.32 Å². The Morgan fingerprint density at radius 3 is 3.00 bits per heavy atom. The number of hydrogen-bond acceptors (Lipinski definition) is 3. The molecule has 78 valence electrons. The third kappa shape index (κ3) is 3.22. The highest BCUT2D eigenvalue weighted by molar-refractivity contribution is 5.78. The van der Waals surface area contributed by atoms with Crippen LogP contribution in [0.1, 0.15) is 19.1 Å². The summed E-state index contributed by atoms with van der Waals surface area (Å²) in [5.74, 6) is 0.510. The zero-order valence-electron chi connectivity index (χ0n) is 8.19. The third-order valence-electron chi connectivity index (χ3n) is 1.99. The minimum Gasteiger partial charge on any atom is -0.469 e. The van der Waals surface area contributed by atoms with Crippen LogP contribution in [0.15, 0.2) is 22.8 Å². The molecule has 1 atom stereocenters. The van der Waals surface area contributed by atoms with E-state index in [-0.39, 0.29) is 25.0 Å². The maximum Gasteiger partial charge on any atom is 0.227 e. The van der Waals surface area contributed by atoms with Gasteiger partial charge in [0.1, 0.15) is 5.76 Å². The average molecular weight is 197 g/mol. The molecule has 14 heavy (non-hydrogen) atoms. The maximum atomic E-state index is 11.4. The fraction of sp³-hybridized carbons (Fsp3) is 0.500. The Bertz CT molecular complexity index is 265. The second-order valence-corrected chi connectivity index (χ2v) is 3.11. The summed E-state index contributed by atoms with van der Waals surface area (Å²) in [6.45, 7) is 1.88. The van der Waals surface area contributed by atoms with Crippen molar-refractivity contribution in [1.29, 1.82) is 0 Å². The van der Waals surface area contributed by atoms with Crippen molar-refractivity contribution in [3.8, 4) is 0 Å². The molecular formula is C10H15NO3. The Hall–Kier alpha value is -1.29. The molecule has 2 N–H and O–H groups in total. The molecule has 1 rings (SSSR count). The van der Waals surface area contributed by atoms with Gasteiger partial charge in [-0.05, 0) is 18.6 Å². The molecule has 1 heterocycles. The lowest BCUT2D eigenvalue weighted by molar-refractivity contribution is -0.121. The average Bonchev–Trinajstić information content (AvgIpc) is 2.66. The third-order valence-corrected chi connectivity index (χ3v) is 1.99. The number of carbonyl (C=O) groups excluding carboxylic acids is 1. The summed E-state index contributed by atoms with van der Waals surface area (Å²) in [6, 6.07) is 3.34. The van der Waals surface area contributed by atoms with Gasteiger partial charge in [-0.25, -0.2) is 0 Å². The van der Waals surface area contributed by atoms with Crippen molar-refractivity contribution in [2.45, 2.75) is 25.8 Å². The molecule has 0 aliphatic heterocycles. The minimum atomic E-state index is -0.155. The van der Waals surface area contributed by atoms with Crippen molar-refractivity contribution in [2.75, 3.05) is 6.61 Å². The molecule has 1 amide bonds. The molecule has 1 unspecified atom stereocenters. The summed E-state index contributed by atoms with van der Waals surface area (Å²) in [5.41, 5.74) is 0. The van der Waals surface area contributed by atoms with Crippen molar-refractivity contribution in [3.05, 3.63) is 24.2 Å². The Labute approximate surface area is 82.9 Å². The predicted octanol–water partition coefficient (Wildman–Crippen LogP) is 0.709.